The summed E-state index contributed by atoms with van der Waals surface area (Å²) in [5.41, 5.74) is 0. The van der Waals surface area contributed by atoms with Crippen LogP contribution in [0.3, 0.4) is 0 Å². The third kappa shape index (κ3) is 0.884. The lowest BCUT2D eigenvalue weighted by atomic mass is 10.5. The van der Waals surface area contributed by atoms with Crippen molar-refractivity contribution in [3.05, 3.63) is 0 Å². The molecule has 0 aromatic rings. The van der Waals surface area contributed by atoms with Gasteiger partial charge in [0.15, 0.2) is 0 Å². The van der Waals surface area contributed by atoms with Gasteiger partial charge in [-0.3, -0.25) is 0 Å². The fraction of sp³-hybridized carbons (Fsp3) is 0.667. The molecule has 1 heterocycles. The van der Waals surface area contributed by atoms with Crippen molar-refractivity contribution in [3.8, 4) is 0 Å². The summed E-state index contributed by atoms with van der Waals surface area (Å²) < 4.78 is 3.70. The molecule has 1 radical (unpaired) electrons. The van der Waals surface area contributed by atoms with E-state index in [4.69, 9.17) is 11.6 Å². The second-order valence-corrected chi connectivity index (χ2v) is 2.28. The second-order valence-electron chi connectivity index (χ2n) is 0.984. The van der Waals surface area contributed by atoms with Crippen LogP contribution in [-0.2, 0) is 0 Å². The van der Waals surface area contributed by atoms with Gasteiger partial charge in [0.05, 0.1) is 11.6 Å². The third-order valence-electron chi connectivity index (χ3n) is 0.478. The van der Waals surface area contributed by atoms with E-state index in [1.54, 1.807) is 0 Å². The van der Waals surface area contributed by atoms with Crippen LogP contribution in [-0.4, -0.2) is 17.3 Å². The number of nitrogens with zero attached hydrogens (tertiary/aromatic N) is 1. The first kappa shape index (κ1) is 4.47. The Labute approximate surface area is 45.9 Å². The van der Waals surface area contributed by atoms with E-state index < -0.39 is 0 Å². The lowest BCUT2D eigenvalue weighted by Crippen LogP contribution is -1.94. The van der Waals surface area contributed by atoms with Crippen LogP contribution in [0, 0.1) is 0 Å². The average Bonchev–Trinajstić information content (AvgIpc) is 1.86. The van der Waals surface area contributed by atoms with Crippen LogP contribution >= 0.6 is 23.5 Å². The minimum absolute atomic E-state index is 0.0648. The van der Waals surface area contributed by atoms with Gasteiger partial charge in [0, 0.05) is 5.75 Å². The molecule has 0 bridgehead atoms. The van der Waals surface area contributed by atoms with Crippen LogP contribution in [0.15, 0.2) is 4.40 Å². The van der Waals surface area contributed by atoms with E-state index in [2.05, 4.69) is 10.6 Å². The third-order valence-corrected chi connectivity index (χ3v) is 1.63. The Morgan fingerprint density at radius 3 is 3.00 bits per heavy atom. The van der Waals surface area contributed by atoms with Crippen molar-refractivity contribution in [2.24, 2.45) is 4.40 Å². The molecule has 0 aromatic carbocycles. The predicted molar refractivity (Wildman–Crippen MR) is 29.5 cm³/mol. The Kier molecular flexibility index (Phi) is 1.37. The van der Waals surface area contributed by atoms with Crippen molar-refractivity contribution in [1.29, 1.82) is 0 Å². The monoisotopic (exact) mass is 120 g/mol. The number of rotatable bonds is 0. The van der Waals surface area contributed by atoms with E-state index in [1.165, 1.54) is 11.9 Å². The van der Waals surface area contributed by atoms with Crippen molar-refractivity contribution >= 4 is 29.8 Å². The minimum Gasteiger partial charge on any atom is -0.218 e. The molecular weight excluding hydrogens is 118 g/mol. The molecule has 0 saturated heterocycles. The first-order valence-electron chi connectivity index (χ1n) is 1.61. The van der Waals surface area contributed by atoms with Crippen LogP contribution in [0.5, 0.6) is 0 Å². The number of halogens is 1. The van der Waals surface area contributed by atoms with Gasteiger partial charge < -0.3 is 0 Å². The lowest BCUT2D eigenvalue weighted by Gasteiger charge is -1.81. The molecule has 0 aliphatic carbocycles. The molecular formula is C3H3ClNS. The number of hydrogen-bond donors (Lipinski definition) is 0. The topological polar surface area (TPSA) is 12.4 Å². The Bertz CT molecular complexity index is 73.2. The van der Waals surface area contributed by atoms with E-state index in [-0.39, 0.29) is 5.38 Å². The molecule has 0 amide bonds. The number of hydrogen-bond acceptors (Lipinski definition) is 2. The van der Waals surface area contributed by atoms with E-state index in [0.29, 0.717) is 0 Å². The Morgan fingerprint density at radius 2 is 2.83 bits per heavy atom. The maximum Gasteiger partial charge on any atom is 0.0911 e. The molecule has 1 aliphatic heterocycles. The highest BCUT2D eigenvalue weighted by Crippen LogP contribution is 2.13. The van der Waals surface area contributed by atoms with Crippen LogP contribution in [0.1, 0.15) is 0 Å². The van der Waals surface area contributed by atoms with E-state index in [0.717, 1.165) is 5.75 Å². The van der Waals surface area contributed by atoms with Gasteiger partial charge in [-0.05, 0) is 11.9 Å². The molecule has 0 fully saturated rings. The zero-order valence-electron chi connectivity index (χ0n) is 3.02. The standard InChI is InChI=1S/C3H3ClNS/c4-3-1-5-6-2-3/h3H,2H2. The molecule has 0 spiro atoms. The summed E-state index contributed by atoms with van der Waals surface area (Å²) in [6.45, 7) is 0. The largest absolute Gasteiger partial charge is 0.218 e. The van der Waals surface area contributed by atoms with Crippen molar-refractivity contribution < 1.29 is 0 Å². The summed E-state index contributed by atoms with van der Waals surface area (Å²) in [5.74, 6) is 0.890. The highest BCUT2D eigenvalue weighted by Gasteiger charge is 2.05. The zero-order valence-corrected chi connectivity index (χ0v) is 4.59. The lowest BCUT2D eigenvalue weighted by molar-refractivity contribution is 1.39. The van der Waals surface area contributed by atoms with Crippen LogP contribution in [0.25, 0.3) is 0 Å². The van der Waals surface area contributed by atoms with Crippen molar-refractivity contribution in [1.82, 2.24) is 0 Å². The van der Waals surface area contributed by atoms with Crippen molar-refractivity contribution in [2.45, 2.75) is 5.38 Å². The van der Waals surface area contributed by atoms with Gasteiger partial charge in [0.25, 0.3) is 0 Å². The van der Waals surface area contributed by atoms with Gasteiger partial charge in [-0.25, -0.2) is 4.40 Å². The van der Waals surface area contributed by atoms with Crippen LogP contribution in [0.4, 0.5) is 0 Å². The summed E-state index contributed by atoms with van der Waals surface area (Å²) in [4.78, 5) is 0. The maximum atomic E-state index is 5.49. The molecule has 33 valence electrons. The molecule has 3 heteroatoms. The van der Waals surface area contributed by atoms with E-state index >= 15 is 0 Å². The Balaban J connectivity index is 2.38. The molecule has 0 N–H and O–H groups in total. The summed E-state index contributed by atoms with van der Waals surface area (Å²) >= 11 is 6.95. The molecule has 1 rings (SSSR count). The molecule has 6 heavy (non-hydrogen) atoms. The Hall–Kier alpha value is 0.310. The predicted octanol–water partition coefficient (Wildman–Crippen LogP) is 1.20. The fourth-order valence-corrected chi connectivity index (χ4v) is 0.992. The highest BCUT2D eigenvalue weighted by atomic mass is 35.5. The molecule has 1 aliphatic rings. The van der Waals surface area contributed by atoms with Crippen LogP contribution in [0.2, 0.25) is 0 Å². The molecule has 0 aromatic heterocycles. The van der Waals surface area contributed by atoms with Gasteiger partial charge in [-0.1, -0.05) is 0 Å². The summed E-state index contributed by atoms with van der Waals surface area (Å²) in [6, 6.07) is 0. The van der Waals surface area contributed by atoms with E-state index in [1.807, 2.05) is 0 Å². The fourth-order valence-electron chi connectivity index (χ4n) is 0.234. The summed E-state index contributed by atoms with van der Waals surface area (Å²) in [5, 5.41) is 0.0648. The first-order valence-corrected chi connectivity index (χ1v) is 2.99. The molecule has 0 saturated carbocycles. The summed E-state index contributed by atoms with van der Waals surface area (Å²) in [7, 11) is 0. The summed E-state index contributed by atoms with van der Waals surface area (Å²) in [6.07, 6.45) is 2.67. The minimum atomic E-state index is 0.0648. The maximum absolute atomic E-state index is 5.49. The SMILES string of the molecule is ClC1[C]=NSC1. The van der Waals surface area contributed by atoms with Gasteiger partial charge in [0.2, 0.25) is 0 Å². The normalized spacial score (nSPS) is 31.8. The quantitative estimate of drug-likeness (QED) is 0.346. The zero-order chi connectivity index (χ0) is 4.41. The average molecular weight is 121 g/mol. The smallest absolute Gasteiger partial charge is 0.0911 e. The first-order chi connectivity index (χ1) is 2.89. The molecule has 1 unspecified atom stereocenters. The molecule has 1 nitrogen and oxygen atoms in total. The van der Waals surface area contributed by atoms with Gasteiger partial charge in [-0.15, -0.1) is 11.6 Å². The van der Waals surface area contributed by atoms with Gasteiger partial charge >= 0.3 is 0 Å². The van der Waals surface area contributed by atoms with Crippen LogP contribution < -0.4 is 0 Å². The Morgan fingerprint density at radius 1 is 2.00 bits per heavy atom. The number of alkyl halides is 1. The van der Waals surface area contributed by atoms with Gasteiger partial charge in [0.1, 0.15) is 0 Å². The molecule has 1 atom stereocenters. The van der Waals surface area contributed by atoms with Gasteiger partial charge in [-0.2, -0.15) is 0 Å². The van der Waals surface area contributed by atoms with Crippen molar-refractivity contribution in [2.75, 3.05) is 5.75 Å². The second kappa shape index (κ2) is 1.85. The van der Waals surface area contributed by atoms with Crippen molar-refractivity contribution in [3.63, 3.8) is 0 Å². The highest BCUT2D eigenvalue weighted by molar-refractivity contribution is 7.98. The van der Waals surface area contributed by atoms with E-state index in [9.17, 15) is 0 Å².